The van der Waals surface area contributed by atoms with E-state index >= 15 is 0 Å². The molecule has 0 radical (unpaired) electrons. The fraction of sp³-hybridized carbons (Fsp3) is 0.292. The number of carbonyl (C=O) groups excluding carboxylic acids is 2. The normalized spacial score (nSPS) is 11.0. The van der Waals surface area contributed by atoms with Crippen molar-refractivity contribution in [2.24, 2.45) is 0 Å². The molecule has 0 saturated heterocycles. The van der Waals surface area contributed by atoms with Crippen LogP contribution in [0.15, 0.2) is 65.2 Å². The summed E-state index contributed by atoms with van der Waals surface area (Å²) in [6.45, 7) is 5.43. The Morgan fingerprint density at radius 3 is 2.25 bits per heavy atom. The van der Waals surface area contributed by atoms with Gasteiger partial charge in [-0.25, -0.2) is 9.59 Å². The summed E-state index contributed by atoms with van der Waals surface area (Å²) < 4.78 is 21.9. The number of nitrogens with zero attached hydrogens (tertiary/aromatic N) is 2. The van der Waals surface area contributed by atoms with E-state index in [-0.39, 0.29) is 30.4 Å². The van der Waals surface area contributed by atoms with E-state index in [1.165, 1.54) is 11.9 Å². The zero-order valence-corrected chi connectivity index (χ0v) is 18.5. The van der Waals surface area contributed by atoms with Crippen LogP contribution in [-0.2, 0) is 17.9 Å². The quantitative estimate of drug-likeness (QED) is 0.385. The zero-order valence-electron chi connectivity index (χ0n) is 18.5. The van der Waals surface area contributed by atoms with Crippen LogP contribution >= 0.6 is 0 Å². The topological polar surface area (TPSA) is 91.1 Å². The minimum Gasteiger partial charge on any atom is -0.470 e. The third-order valence-corrected chi connectivity index (χ3v) is 4.19. The van der Waals surface area contributed by atoms with Gasteiger partial charge in [-0.1, -0.05) is 48.5 Å². The van der Waals surface area contributed by atoms with E-state index in [2.05, 4.69) is 5.16 Å². The first-order valence-electron chi connectivity index (χ1n) is 10.1. The molecule has 0 aliphatic heterocycles. The summed E-state index contributed by atoms with van der Waals surface area (Å²) in [4.78, 5) is 26.6. The Kier molecular flexibility index (Phi) is 7.14. The summed E-state index contributed by atoms with van der Waals surface area (Å²) in [5.41, 5.74) is 0.247. The van der Waals surface area contributed by atoms with Crippen LogP contribution in [0.2, 0.25) is 0 Å². The molecular weight excluding hydrogens is 412 g/mol. The van der Waals surface area contributed by atoms with Crippen LogP contribution in [0.1, 0.15) is 42.5 Å². The van der Waals surface area contributed by atoms with E-state index < -0.39 is 17.7 Å². The van der Waals surface area contributed by atoms with E-state index in [1.54, 1.807) is 45.0 Å². The third-order valence-electron chi connectivity index (χ3n) is 4.19. The molecule has 8 nitrogen and oxygen atoms in total. The van der Waals surface area contributed by atoms with Gasteiger partial charge in [0.25, 0.3) is 5.88 Å². The summed E-state index contributed by atoms with van der Waals surface area (Å²) in [5, 5.41) is 3.90. The average Bonchev–Trinajstić information content (AvgIpc) is 3.15. The van der Waals surface area contributed by atoms with Crippen LogP contribution in [0, 0.1) is 0 Å². The first-order chi connectivity index (χ1) is 15.2. The Bertz CT molecular complexity index is 1040. The number of carbonyl (C=O) groups is 2. The summed E-state index contributed by atoms with van der Waals surface area (Å²) in [6.07, 6.45) is -0.567. The van der Waals surface area contributed by atoms with Crippen LogP contribution < -0.4 is 9.47 Å². The number of hydrogen-bond acceptors (Lipinski definition) is 7. The highest BCUT2D eigenvalue weighted by atomic mass is 16.6. The number of esters is 1. The first-order valence-corrected chi connectivity index (χ1v) is 10.1. The number of amides is 1. The molecule has 1 amide bonds. The van der Waals surface area contributed by atoms with Crippen molar-refractivity contribution in [3.05, 3.63) is 77.6 Å². The van der Waals surface area contributed by atoms with E-state index in [1.807, 2.05) is 36.4 Å². The van der Waals surface area contributed by atoms with Crippen LogP contribution in [0.25, 0.3) is 0 Å². The fourth-order valence-electron chi connectivity index (χ4n) is 2.71. The molecule has 0 aliphatic carbocycles. The van der Waals surface area contributed by atoms with Crippen molar-refractivity contribution < 1.29 is 28.3 Å². The average molecular weight is 438 g/mol. The van der Waals surface area contributed by atoms with Gasteiger partial charge in [0.15, 0.2) is 11.3 Å². The Labute approximate surface area is 186 Å². The summed E-state index contributed by atoms with van der Waals surface area (Å²) >= 11 is 0. The van der Waals surface area contributed by atoms with Crippen molar-refractivity contribution >= 4 is 12.1 Å². The SMILES string of the molecule is CN(Cc1onc(OCc2ccccc2)c1C(=O)Oc1ccccc1)C(=O)OC(C)(C)C. The standard InChI is InChI=1S/C24H26N2O6/c1-24(2,3)31-23(28)26(4)15-19-20(22(27)30-18-13-9-6-10-14-18)21(25-32-19)29-16-17-11-7-5-8-12-17/h5-14H,15-16H2,1-4H3. The van der Waals surface area contributed by atoms with Crippen molar-refractivity contribution in [3.8, 4) is 11.6 Å². The maximum Gasteiger partial charge on any atom is 0.410 e. The lowest BCUT2D eigenvalue weighted by Gasteiger charge is -2.24. The molecule has 0 spiro atoms. The summed E-state index contributed by atoms with van der Waals surface area (Å²) in [5.74, 6) is -0.225. The first kappa shape index (κ1) is 22.9. The summed E-state index contributed by atoms with van der Waals surface area (Å²) in [6, 6.07) is 18.1. The zero-order chi connectivity index (χ0) is 23.1. The van der Waals surface area contributed by atoms with Gasteiger partial charge >= 0.3 is 12.1 Å². The molecule has 0 atom stereocenters. The smallest absolute Gasteiger partial charge is 0.410 e. The highest BCUT2D eigenvalue weighted by molar-refractivity contribution is 5.94. The molecule has 2 aromatic carbocycles. The molecule has 1 aromatic heterocycles. The highest BCUT2D eigenvalue weighted by Gasteiger charge is 2.29. The van der Waals surface area contributed by atoms with Crippen molar-refractivity contribution in [1.82, 2.24) is 10.1 Å². The molecule has 0 saturated carbocycles. The van der Waals surface area contributed by atoms with Gasteiger partial charge in [-0.05, 0) is 43.6 Å². The molecule has 32 heavy (non-hydrogen) atoms. The van der Waals surface area contributed by atoms with E-state index in [9.17, 15) is 9.59 Å². The van der Waals surface area contributed by atoms with Gasteiger partial charge in [-0.2, -0.15) is 0 Å². The lowest BCUT2D eigenvalue weighted by Crippen LogP contribution is -2.34. The van der Waals surface area contributed by atoms with Gasteiger partial charge in [-0.3, -0.25) is 0 Å². The maximum atomic E-state index is 13.0. The molecule has 8 heteroatoms. The molecule has 0 bridgehead atoms. The van der Waals surface area contributed by atoms with Crippen molar-refractivity contribution in [3.63, 3.8) is 0 Å². The Morgan fingerprint density at radius 2 is 1.62 bits per heavy atom. The van der Waals surface area contributed by atoms with Crippen LogP contribution in [0.4, 0.5) is 4.79 Å². The molecule has 0 unspecified atom stereocenters. The number of aromatic nitrogens is 1. The van der Waals surface area contributed by atoms with Crippen LogP contribution in [-0.4, -0.2) is 34.8 Å². The van der Waals surface area contributed by atoms with Crippen LogP contribution in [0.3, 0.4) is 0 Å². The lowest BCUT2D eigenvalue weighted by molar-refractivity contribution is 0.0269. The molecular formula is C24H26N2O6. The number of benzene rings is 2. The van der Waals surface area contributed by atoms with Gasteiger partial charge in [0.1, 0.15) is 18.0 Å². The van der Waals surface area contributed by atoms with Crippen molar-refractivity contribution in [2.45, 2.75) is 39.5 Å². The third kappa shape index (κ3) is 6.34. The molecule has 3 rings (SSSR count). The van der Waals surface area contributed by atoms with Gasteiger partial charge < -0.3 is 23.6 Å². The Morgan fingerprint density at radius 1 is 1.00 bits per heavy atom. The molecule has 0 N–H and O–H groups in total. The second kappa shape index (κ2) is 10.00. The Balaban J connectivity index is 1.82. The van der Waals surface area contributed by atoms with Gasteiger partial charge in [0.2, 0.25) is 0 Å². The van der Waals surface area contributed by atoms with Crippen LogP contribution in [0.5, 0.6) is 11.6 Å². The van der Waals surface area contributed by atoms with Crippen molar-refractivity contribution in [1.29, 1.82) is 0 Å². The molecule has 168 valence electrons. The van der Waals surface area contributed by atoms with E-state index in [0.29, 0.717) is 5.75 Å². The number of para-hydroxylation sites is 1. The van der Waals surface area contributed by atoms with Gasteiger partial charge in [0, 0.05) is 7.05 Å². The lowest BCUT2D eigenvalue weighted by atomic mass is 10.2. The number of ether oxygens (including phenoxy) is 3. The molecule has 3 aromatic rings. The minimum atomic E-state index is -0.701. The predicted octanol–water partition coefficient (Wildman–Crippen LogP) is 4.84. The number of hydrogen-bond donors (Lipinski definition) is 0. The largest absolute Gasteiger partial charge is 0.470 e. The monoisotopic (exact) mass is 438 g/mol. The second-order valence-electron chi connectivity index (χ2n) is 8.10. The van der Waals surface area contributed by atoms with E-state index in [4.69, 9.17) is 18.7 Å². The highest BCUT2D eigenvalue weighted by Crippen LogP contribution is 2.26. The molecule has 1 heterocycles. The predicted molar refractivity (Wildman–Crippen MR) is 116 cm³/mol. The molecule has 0 aliphatic rings. The van der Waals surface area contributed by atoms with Gasteiger partial charge in [0.05, 0.1) is 6.54 Å². The second-order valence-corrected chi connectivity index (χ2v) is 8.10. The number of rotatable bonds is 7. The summed E-state index contributed by atoms with van der Waals surface area (Å²) in [7, 11) is 1.54. The van der Waals surface area contributed by atoms with E-state index in [0.717, 1.165) is 5.56 Å². The minimum absolute atomic E-state index is 0.0117. The molecule has 0 fully saturated rings. The fourth-order valence-corrected chi connectivity index (χ4v) is 2.71. The van der Waals surface area contributed by atoms with Crippen molar-refractivity contribution in [2.75, 3.05) is 7.05 Å². The van der Waals surface area contributed by atoms with Gasteiger partial charge in [-0.15, -0.1) is 0 Å². The maximum absolute atomic E-state index is 13.0. The Hall–Kier alpha value is -3.81.